The molecule has 0 radical (unpaired) electrons. The third-order valence-electron chi connectivity index (χ3n) is 5.35. The van der Waals surface area contributed by atoms with Crippen LogP contribution in [-0.4, -0.2) is 73.2 Å². The number of nitrogens with zero attached hydrogens (tertiary/aromatic N) is 2. The number of morpholine rings is 1. The summed E-state index contributed by atoms with van der Waals surface area (Å²) in [4.78, 5) is 16.1. The molecule has 0 aromatic heterocycles. The number of ether oxygens (including phenoxy) is 3. The van der Waals surface area contributed by atoms with Crippen LogP contribution in [0.5, 0.6) is 5.75 Å². The van der Waals surface area contributed by atoms with Gasteiger partial charge in [0.15, 0.2) is 0 Å². The maximum Gasteiger partial charge on any atom is 0.573 e. The van der Waals surface area contributed by atoms with Gasteiger partial charge in [-0.2, -0.15) is 0 Å². The van der Waals surface area contributed by atoms with Crippen molar-refractivity contribution >= 4 is 6.09 Å². The lowest BCUT2D eigenvalue weighted by molar-refractivity contribution is -0.275. The number of benzene rings is 1. The zero-order valence-electron chi connectivity index (χ0n) is 19.0. The molecule has 1 aromatic rings. The van der Waals surface area contributed by atoms with Gasteiger partial charge in [-0.3, -0.25) is 4.90 Å². The molecule has 1 unspecified atom stereocenters. The number of alkyl halides is 3. The number of carbonyl (C=O) groups excluding carboxylic acids is 1. The first-order valence-electron chi connectivity index (χ1n) is 10.8. The third-order valence-corrected chi connectivity index (χ3v) is 5.35. The zero-order valence-corrected chi connectivity index (χ0v) is 19.0. The monoisotopic (exact) mass is 459 g/mol. The molecule has 0 aliphatic carbocycles. The molecule has 32 heavy (non-hydrogen) atoms. The number of amides is 1. The number of piperazine rings is 1. The molecule has 7 nitrogen and oxygen atoms in total. The number of carbonyl (C=O) groups is 1. The highest BCUT2D eigenvalue weighted by Crippen LogP contribution is 2.32. The molecule has 180 valence electrons. The van der Waals surface area contributed by atoms with E-state index in [1.807, 2.05) is 32.6 Å². The van der Waals surface area contributed by atoms with E-state index in [-0.39, 0.29) is 30.5 Å². The molecular formula is C22H32F3N3O4. The summed E-state index contributed by atoms with van der Waals surface area (Å²) in [5.41, 5.74) is 0.493. The van der Waals surface area contributed by atoms with Gasteiger partial charge < -0.3 is 24.4 Å². The molecule has 3 rings (SSSR count). The summed E-state index contributed by atoms with van der Waals surface area (Å²) in [6, 6.07) is 4.74. The van der Waals surface area contributed by atoms with Crippen molar-refractivity contribution in [3.05, 3.63) is 29.3 Å². The normalized spacial score (nSPS) is 23.2. The molecule has 2 saturated heterocycles. The topological polar surface area (TPSA) is 63.3 Å². The van der Waals surface area contributed by atoms with E-state index in [0.29, 0.717) is 50.5 Å². The van der Waals surface area contributed by atoms with Gasteiger partial charge in [-0.25, -0.2) is 4.79 Å². The summed E-state index contributed by atoms with van der Waals surface area (Å²) in [5.74, 6) is -0.216. The lowest BCUT2D eigenvalue weighted by Crippen LogP contribution is -2.54. The predicted octanol–water partition coefficient (Wildman–Crippen LogP) is 3.69. The van der Waals surface area contributed by atoms with Gasteiger partial charge in [-0.15, -0.1) is 13.2 Å². The molecule has 0 saturated carbocycles. The fraction of sp³-hybridized carbons (Fsp3) is 0.682. The number of hydrogen-bond donors (Lipinski definition) is 1. The van der Waals surface area contributed by atoms with Crippen LogP contribution in [0.15, 0.2) is 18.2 Å². The van der Waals surface area contributed by atoms with Gasteiger partial charge in [-0.1, -0.05) is 12.1 Å². The Labute approximate surface area is 186 Å². The number of nitrogens with one attached hydrogen (secondary N) is 1. The highest BCUT2D eigenvalue weighted by atomic mass is 19.4. The average Bonchev–Trinajstić information content (AvgIpc) is 2.67. The maximum absolute atomic E-state index is 13.1. The lowest BCUT2D eigenvalue weighted by atomic mass is 10.0. The van der Waals surface area contributed by atoms with Crippen LogP contribution in [0.1, 0.15) is 44.9 Å². The van der Waals surface area contributed by atoms with E-state index in [1.165, 1.54) is 6.07 Å². The Morgan fingerprint density at radius 2 is 2.00 bits per heavy atom. The minimum atomic E-state index is -4.79. The first-order chi connectivity index (χ1) is 14.9. The van der Waals surface area contributed by atoms with Crippen LogP contribution in [0.3, 0.4) is 0 Å². The quantitative estimate of drug-likeness (QED) is 0.741. The van der Waals surface area contributed by atoms with Crippen molar-refractivity contribution in [1.82, 2.24) is 15.1 Å². The molecule has 2 aliphatic rings. The van der Waals surface area contributed by atoms with Crippen LogP contribution in [0.2, 0.25) is 0 Å². The Kier molecular flexibility index (Phi) is 7.57. The second-order valence-corrected chi connectivity index (χ2v) is 9.24. The van der Waals surface area contributed by atoms with E-state index < -0.39 is 12.0 Å². The molecule has 2 fully saturated rings. The van der Waals surface area contributed by atoms with E-state index >= 15 is 0 Å². The highest BCUT2D eigenvalue weighted by molar-refractivity contribution is 5.68. The predicted molar refractivity (Wildman–Crippen MR) is 112 cm³/mol. The van der Waals surface area contributed by atoms with E-state index in [2.05, 4.69) is 10.1 Å². The van der Waals surface area contributed by atoms with Crippen LogP contribution >= 0.6 is 0 Å². The van der Waals surface area contributed by atoms with Gasteiger partial charge in [0, 0.05) is 50.9 Å². The fourth-order valence-electron chi connectivity index (χ4n) is 3.91. The molecule has 2 heterocycles. The van der Waals surface area contributed by atoms with Crippen LogP contribution in [0.25, 0.3) is 0 Å². The summed E-state index contributed by atoms with van der Waals surface area (Å²) in [7, 11) is 0. The average molecular weight is 460 g/mol. The van der Waals surface area contributed by atoms with Gasteiger partial charge >= 0.3 is 12.5 Å². The second kappa shape index (κ2) is 9.84. The Balaban J connectivity index is 1.70. The van der Waals surface area contributed by atoms with Gasteiger partial charge in [0.2, 0.25) is 0 Å². The maximum atomic E-state index is 13.1. The van der Waals surface area contributed by atoms with Crippen LogP contribution in [0, 0.1) is 0 Å². The molecule has 0 bridgehead atoms. The van der Waals surface area contributed by atoms with E-state index in [4.69, 9.17) is 9.47 Å². The largest absolute Gasteiger partial charge is 0.573 e. The standard InChI is InChI=1S/C22H32F3N3O4/c1-15-13-27(8-9-28(15)20(29)32-21(2,3)4)14-17-6-5-16(19-12-26-7-10-30-19)11-18(17)31-22(23,24)25/h5-6,11,15,19,26H,7-10,12-14H2,1-4H3/t15-,19?/m0/s1. The van der Waals surface area contributed by atoms with Crippen molar-refractivity contribution in [3.63, 3.8) is 0 Å². The molecule has 2 aliphatic heterocycles. The molecule has 0 spiro atoms. The summed E-state index contributed by atoms with van der Waals surface area (Å²) >= 11 is 0. The summed E-state index contributed by atoms with van der Waals surface area (Å²) in [6.45, 7) is 10.8. The van der Waals surface area contributed by atoms with E-state index in [9.17, 15) is 18.0 Å². The summed E-state index contributed by atoms with van der Waals surface area (Å²) < 4.78 is 54.7. The first kappa shape index (κ1) is 24.6. The molecule has 1 N–H and O–H groups in total. The Bertz CT molecular complexity index is 792. The number of hydrogen-bond acceptors (Lipinski definition) is 6. The minimum Gasteiger partial charge on any atom is -0.444 e. The Morgan fingerprint density at radius 3 is 2.59 bits per heavy atom. The van der Waals surface area contributed by atoms with Crippen LogP contribution in [-0.2, 0) is 16.0 Å². The zero-order chi connectivity index (χ0) is 23.5. The van der Waals surface area contributed by atoms with Gasteiger partial charge in [0.05, 0.1) is 12.7 Å². The van der Waals surface area contributed by atoms with Crippen molar-refractivity contribution in [2.75, 3.05) is 39.3 Å². The molecular weight excluding hydrogens is 427 g/mol. The van der Waals surface area contributed by atoms with Crippen LogP contribution in [0.4, 0.5) is 18.0 Å². The van der Waals surface area contributed by atoms with Crippen molar-refractivity contribution < 1.29 is 32.2 Å². The van der Waals surface area contributed by atoms with E-state index in [0.717, 1.165) is 0 Å². The van der Waals surface area contributed by atoms with Crippen molar-refractivity contribution in [2.24, 2.45) is 0 Å². The SMILES string of the molecule is C[C@H]1CN(Cc2ccc(C3CNCCO3)cc2OC(F)(F)F)CCN1C(=O)OC(C)(C)C. The van der Waals surface area contributed by atoms with Crippen molar-refractivity contribution in [3.8, 4) is 5.75 Å². The minimum absolute atomic E-state index is 0.133. The number of halogens is 3. The lowest BCUT2D eigenvalue weighted by Gasteiger charge is -2.40. The molecule has 10 heteroatoms. The summed E-state index contributed by atoms with van der Waals surface area (Å²) in [6.07, 6.45) is -5.48. The van der Waals surface area contributed by atoms with Crippen molar-refractivity contribution in [1.29, 1.82) is 0 Å². The van der Waals surface area contributed by atoms with E-state index in [1.54, 1.807) is 17.0 Å². The molecule has 2 atom stereocenters. The highest BCUT2D eigenvalue weighted by Gasteiger charge is 2.34. The molecule has 1 amide bonds. The fourth-order valence-corrected chi connectivity index (χ4v) is 3.91. The summed E-state index contributed by atoms with van der Waals surface area (Å²) in [5, 5.41) is 3.17. The van der Waals surface area contributed by atoms with Gasteiger partial charge in [-0.05, 0) is 39.3 Å². The molecule has 1 aromatic carbocycles. The Morgan fingerprint density at radius 1 is 1.25 bits per heavy atom. The van der Waals surface area contributed by atoms with Gasteiger partial charge in [0.25, 0.3) is 0 Å². The first-order valence-corrected chi connectivity index (χ1v) is 10.8. The van der Waals surface area contributed by atoms with Crippen LogP contribution < -0.4 is 10.1 Å². The van der Waals surface area contributed by atoms with Crippen molar-refractivity contribution in [2.45, 2.75) is 58.3 Å². The Hall–Kier alpha value is -2.04. The smallest absolute Gasteiger partial charge is 0.444 e. The number of rotatable bonds is 4. The second-order valence-electron chi connectivity index (χ2n) is 9.24. The van der Waals surface area contributed by atoms with Gasteiger partial charge in [0.1, 0.15) is 11.4 Å². The third kappa shape index (κ3) is 6.98.